The molecule has 0 saturated carbocycles. The lowest BCUT2D eigenvalue weighted by Crippen LogP contribution is -2.25. The fourth-order valence-corrected chi connectivity index (χ4v) is 3.17. The van der Waals surface area contributed by atoms with E-state index >= 15 is 0 Å². The summed E-state index contributed by atoms with van der Waals surface area (Å²) in [7, 11) is 0. The second kappa shape index (κ2) is 9.27. The van der Waals surface area contributed by atoms with Gasteiger partial charge in [-0.15, -0.1) is 0 Å². The van der Waals surface area contributed by atoms with Gasteiger partial charge in [-0.3, -0.25) is 4.79 Å². The molecule has 0 aliphatic carbocycles. The summed E-state index contributed by atoms with van der Waals surface area (Å²) in [5.41, 5.74) is 1.84. The van der Waals surface area contributed by atoms with Crippen LogP contribution >= 0.6 is 34.8 Å². The quantitative estimate of drug-likeness (QED) is 0.538. The highest BCUT2D eigenvalue weighted by Crippen LogP contribution is 2.23. The molecule has 1 aromatic heterocycles. The maximum absolute atomic E-state index is 12.0. The molecular formula is C20H17Cl3N2O2. The number of nitrogens with zero attached hydrogens (tertiary/aromatic N) is 1. The van der Waals surface area contributed by atoms with Crippen LogP contribution in [0.15, 0.2) is 53.1 Å². The van der Waals surface area contributed by atoms with Crippen molar-refractivity contribution in [2.45, 2.75) is 19.3 Å². The minimum atomic E-state index is -0.0636. The summed E-state index contributed by atoms with van der Waals surface area (Å²) in [5, 5.41) is 4.73. The smallest absolute Gasteiger partial charge is 0.220 e. The standard InChI is InChI=1S/C20H17Cl3N2O2/c21-15-4-2-14(3-5-15)18-12-25-20(27-18)8-7-19(26)24-10-9-13-1-6-16(22)11-17(13)23/h1-6,11-12H,7-10H2,(H,24,26). The Morgan fingerprint density at radius 1 is 1.00 bits per heavy atom. The number of aryl methyl sites for hydroxylation is 1. The molecule has 4 nitrogen and oxygen atoms in total. The maximum Gasteiger partial charge on any atom is 0.220 e. The van der Waals surface area contributed by atoms with E-state index in [0.717, 1.165) is 11.1 Å². The number of halogens is 3. The molecule has 3 aromatic rings. The molecular weight excluding hydrogens is 407 g/mol. The number of benzene rings is 2. The van der Waals surface area contributed by atoms with Crippen molar-refractivity contribution >= 4 is 40.7 Å². The lowest BCUT2D eigenvalue weighted by molar-refractivity contribution is -0.121. The minimum absolute atomic E-state index is 0.0636. The van der Waals surface area contributed by atoms with E-state index < -0.39 is 0 Å². The highest BCUT2D eigenvalue weighted by atomic mass is 35.5. The number of hydrogen-bond acceptors (Lipinski definition) is 3. The van der Waals surface area contributed by atoms with Gasteiger partial charge in [0.15, 0.2) is 11.7 Å². The summed E-state index contributed by atoms with van der Waals surface area (Å²) in [6.45, 7) is 0.502. The zero-order chi connectivity index (χ0) is 19.2. The van der Waals surface area contributed by atoms with Gasteiger partial charge in [-0.1, -0.05) is 40.9 Å². The van der Waals surface area contributed by atoms with Crippen molar-refractivity contribution in [3.63, 3.8) is 0 Å². The highest BCUT2D eigenvalue weighted by Gasteiger charge is 2.09. The van der Waals surface area contributed by atoms with Gasteiger partial charge in [-0.25, -0.2) is 4.98 Å². The van der Waals surface area contributed by atoms with Crippen LogP contribution in [0, 0.1) is 0 Å². The van der Waals surface area contributed by atoms with Crippen molar-refractivity contribution < 1.29 is 9.21 Å². The molecule has 1 heterocycles. The first kappa shape index (κ1) is 19.7. The predicted octanol–water partition coefficient (Wildman–Crippen LogP) is 5.59. The van der Waals surface area contributed by atoms with Crippen LogP contribution in [-0.4, -0.2) is 17.4 Å². The largest absolute Gasteiger partial charge is 0.441 e. The van der Waals surface area contributed by atoms with Crippen molar-refractivity contribution in [1.29, 1.82) is 0 Å². The highest BCUT2D eigenvalue weighted by molar-refractivity contribution is 6.35. The van der Waals surface area contributed by atoms with Gasteiger partial charge in [-0.05, 0) is 48.4 Å². The van der Waals surface area contributed by atoms with Crippen LogP contribution in [0.25, 0.3) is 11.3 Å². The molecule has 27 heavy (non-hydrogen) atoms. The Kier molecular flexibility index (Phi) is 6.78. The number of oxazole rings is 1. The van der Waals surface area contributed by atoms with Crippen LogP contribution in [-0.2, 0) is 17.6 Å². The first-order chi connectivity index (χ1) is 13.0. The van der Waals surface area contributed by atoms with E-state index in [0.29, 0.717) is 52.5 Å². The third-order valence-corrected chi connectivity index (χ3v) is 4.82. The SMILES string of the molecule is O=C(CCc1ncc(-c2ccc(Cl)cc2)o1)NCCc1ccc(Cl)cc1Cl. The zero-order valence-corrected chi connectivity index (χ0v) is 16.6. The molecule has 0 aliphatic heterocycles. The van der Waals surface area contributed by atoms with Gasteiger partial charge < -0.3 is 9.73 Å². The van der Waals surface area contributed by atoms with E-state index in [9.17, 15) is 4.79 Å². The van der Waals surface area contributed by atoms with Crippen LogP contribution in [0.3, 0.4) is 0 Å². The lowest BCUT2D eigenvalue weighted by atomic mass is 10.1. The molecule has 2 aromatic carbocycles. The molecule has 0 radical (unpaired) electrons. The fraction of sp³-hybridized carbons (Fsp3) is 0.200. The third kappa shape index (κ3) is 5.73. The average Bonchev–Trinajstić information content (AvgIpc) is 3.11. The zero-order valence-electron chi connectivity index (χ0n) is 14.3. The van der Waals surface area contributed by atoms with Crippen LogP contribution in [0.1, 0.15) is 17.9 Å². The van der Waals surface area contributed by atoms with Gasteiger partial charge in [-0.2, -0.15) is 0 Å². The molecule has 0 fully saturated rings. The Balaban J connectivity index is 1.44. The number of aromatic nitrogens is 1. The van der Waals surface area contributed by atoms with Gasteiger partial charge in [0, 0.05) is 40.0 Å². The summed E-state index contributed by atoms with van der Waals surface area (Å²) < 4.78 is 5.70. The monoisotopic (exact) mass is 422 g/mol. The van der Waals surface area contributed by atoms with E-state index in [1.165, 1.54) is 0 Å². The second-order valence-electron chi connectivity index (χ2n) is 5.96. The number of hydrogen-bond donors (Lipinski definition) is 1. The summed E-state index contributed by atoms with van der Waals surface area (Å²) >= 11 is 17.9. The molecule has 0 unspecified atom stereocenters. The lowest BCUT2D eigenvalue weighted by Gasteiger charge is -2.06. The summed E-state index contributed by atoms with van der Waals surface area (Å²) in [4.78, 5) is 16.2. The number of nitrogens with one attached hydrogen (secondary N) is 1. The van der Waals surface area contributed by atoms with E-state index in [1.807, 2.05) is 18.2 Å². The second-order valence-corrected chi connectivity index (χ2v) is 7.24. The van der Waals surface area contributed by atoms with Gasteiger partial charge in [0.05, 0.1) is 6.20 Å². The molecule has 0 saturated heterocycles. The van der Waals surface area contributed by atoms with Crippen molar-refractivity contribution in [3.05, 3.63) is 75.2 Å². The van der Waals surface area contributed by atoms with Crippen molar-refractivity contribution in [3.8, 4) is 11.3 Å². The molecule has 0 aliphatic rings. The summed E-state index contributed by atoms with van der Waals surface area (Å²) in [5.74, 6) is 1.11. The molecule has 7 heteroatoms. The van der Waals surface area contributed by atoms with Gasteiger partial charge >= 0.3 is 0 Å². The number of amides is 1. The van der Waals surface area contributed by atoms with E-state index in [2.05, 4.69) is 10.3 Å². The number of carbonyl (C=O) groups is 1. The van der Waals surface area contributed by atoms with E-state index in [4.69, 9.17) is 39.2 Å². The van der Waals surface area contributed by atoms with Crippen molar-refractivity contribution in [2.75, 3.05) is 6.54 Å². The third-order valence-electron chi connectivity index (χ3n) is 3.98. The Bertz CT molecular complexity index is 923. The Morgan fingerprint density at radius 2 is 1.74 bits per heavy atom. The number of rotatable bonds is 7. The Morgan fingerprint density at radius 3 is 2.48 bits per heavy atom. The first-order valence-electron chi connectivity index (χ1n) is 8.42. The van der Waals surface area contributed by atoms with Crippen LogP contribution in [0.5, 0.6) is 0 Å². The van der Waals surface area contributed by atoms with E-state index in [-0.39, 0.29) is 5.91 Å². The van der Waals surface area contributed by atoms with Gasteiger partial charge in [0.25, 0.3) is 0 Å². The summed E-state index contributed by atoms with van der Waals surface area (Å²) in [6.07, 6.45) is 3.02. The Hall–Kier alpha value is -2.01. The molecule has 1 N–H and O–H groups in total. The topological polar surface area (TPSA) is 55.1 Å². The van der Waals surface area contributed by atoms with E-state index in [1.54, 1.807) is 30.5 Å². The molecule has 0 spiro atoms. The maximum atomic E-state index is 12.0. The molecule has 140 valence electrons. The molecule has 1 amide bonds. The normalized spacial score (nSPS) is 10.8. The van der Waals surface area contributed by atoms with Gasteiger partial charge in [0.2, 0.25) is 5.91 Å². The van der Waals surface area contributed by atoms with Crippen molar-refractivity contribution in [1.82, 2.24) is 10.3 Å². The predicted molar refractivity (Wildman–Crippen MR) is 108 cm³/mol. The van der Waals surface area contributed by atoms with Crippen LogP contribution < -0.4 is 5.32 Å². The number of carbonyl (C=O) groups excluding carboxylic acids is 1. The average molecular weight is 424 g/mol. The van der Waals surface area contributed by atoms with Crippen molar-refractivity contribution in [2.24, 2.45) is 0 Å². The molecule has 0 bridgehead atoms. The van der Waals surface area contributed by atoms with Gasteiger partial charge in [0.1, 0.15) is 0 Å². The van der Waals surface area contributed by atoms with Crippen LogP contribution in [0.2, 0.25) is 15.1 Å². The fourth-order valence-electron chi connectivity index (χ4n) is 2.54. The molecule has 0 atom stereocenters. The van der Waals surface area contributed by atoms with Crippen LogP contribution in [0.4, 0.5) is 0 Å². The first-order valence-corrected chi connectivity index (χ1v) is 9.56. The minimum Gasteiger partial charge on any atom is -0.441 e. The molecule has 3 rings (SSSR count). The summed E-state index contributed by atoms with van der Waals surface area (Å²) in [6, 6.07) is 12.6. The Labute approximate surface area is 172 Å².